The summed E-state index contributed by atoms with van der Waals surface area (Å²) in [5.74, 6) is 0.802. The first-order chi connectivity index (χ1) is 11.2. The summed E-state index contributed by atoms with van der Waals surface area (Å²) in [5, 5.41) is 0. The number of rotatable bonds is 3. The van der Waals surface area contributed by atoms with E-state index >= 15 is 0 Å². The lowest BCUT2D eigenvalue weighted by atomic mass is 9.79. The fourth-order valence-electron chi connectivity index (χ4n) is 3.51. The molecule has 1 unspecified atom stereocenters. The van der Waals surface area contributed by atoms with Gasteiger partial charge in [0.2, 0.25) is 11.8 Å². The first-order valence-electron chi connectivity index (χ1n) is 8.10. The summed E-state index contributed by atoms with van der Waals surface area (Å²) in [7, 11) is 0. The maximum atomic E-state index is 12.2. The monoisotopic (exact) mass is 312 g/mol. The summed E-state index contributed by atoms with van der Waals surface area (Å²) in [4.78, 5) is 18.7. The van der Waals surface area contributed by atoms with Gasteiger partial charge in [-0.2, -0.15) is 0 Å². The predicted molar refractivity (Wildman–Crippen MR) is 84.5 cm³/mol. The van der Waals surface area contributed by atoms with E-state index in [0.717, 1.165) is 43.9 Å². The van der Waals surface area contributed by atoms with Gasteiger partial charge in [-0.3, -0.25) is 4.79 Å². The van der Waals surface area contributed by atoms with Crippen LogP contribution in [-0.2, 0) is 16.1 Å². The molecule has 2 aliphatic rings. The van der Waals surface area contributed by atoms with Crippen LogP contribution >= 0.6 is 0 Å². The molecule has 2 aromatic rings. The molecule has 5 nitrogen and oxygen atoms in total. The number of aromatic nitrogens is 1. The largest absolute Gasteiger partial charge is 0.444 e. The summed E-state index contributed by atoms with van der Waals surface area (Å²) >= 11 is 0. The quantitative estimate of drug-likeness (QED) is 0.874. The summed E-state index contributed by atoms with van der Waals surface area (Å²) in [6.45, 7) is 2.85. The highest BCUT2D eigenvalue weighted by atomic mass is 16.5. The molecule has 2 aliphatic heterocycles. The third kappa shape index (κ3) is 2.88. The van der Waals surface area contributed by atoms with Gasteiger partial charge in [0.05, 0.1) is 18.8 Å². The van der Waals surface area contributed by atoms with Crippen LogP contribution in [0.1, 0.15) is 25.0 Å². The van der Waals surface area contributed by atoms with Gasteiger partial charge in [-0.1, -0.05) is 18.2 Å². The number of oxazole rings is 1. The first-order valence-corrected chi connectivity index (χ1v) is 8.10. The molecule has 3 heterocycles. The minimum Gasteiger partial charge on any atom is -0.444 e. The lowest BCUT2D eigenvalue weighted by Crippen LogP contribution is -2.46. The van der Waals surface area contributed by atoms with Crippen molar-refractivity contribution < 1.29 is 13.9 Å². The second-order valence-corrected chi connectivity index (χ2v) is 6.56. The number of likely N-dealkylation sites (tertiary alicyclic amines) is 1. The molecular formula is C18H20N2O3. The SMILES string of the molecule is O=C1CCC2(CCOC2)CN1Cc1coc(-c2ccccc2)n1. The molecule has 1 amide bonds. The van der Waals surface area contributed by atoms with Crippen molar-refractivity contribution in [3.8, 4) is 11.5 Å². The Kier molecular flexibility index (Phi) is 3.65. The van der Waals surface area contributed by atoms with Crippen molar-refractivity contribution in [3.63, 3.8) is 0 Å². The van der Waals surface area contributed by atoms with E-state index in [2.05, 4.69) is 4.98 Å². The van der Waals surface area contributed by atoms with Crippen molar-refractivity contribution >= 4 is 5.91 Å². The van der Waals surface area contributed by atoms with E-state index in [-0.39, 0.29) is 11.3 Å². The number of nitrogens with zero attached hydrogens (tertiary/aromatic N) is 2. The Morgan fingerprint density at radius 3 is 2.87 bits per heavy atom. The van der Waals surface area contributed by atoms with Crippen LogP contribution in [0.5, 0.6) is 0 Å². The van der Waals surface area contributed by atoms with Crippen molar-refractivity contribution in [1.29, 1.82) is 0 Å². The molecule has 120 valence electrons. The Morgan fingerprint density at radius 2 is 2.09 bits per heavy atom. The lowest BCUT2D eigenvalue weighted by Gasteiger charge is -2.38. The second-order valence-electron chi connectivity index (χ2n) is 6.56. The second kappa shape index (κ2) is 5.81. The van der Waals surface area contributed by atoms with Gasteiger partial charge in [0.25, 0.3) is 0 Å². The Labute approximate surface area is 135 Å². The van der Waals surface area contributed by atoms with Crippen LogP contribution in [0.3, 0.4) is 0 Å². The molecule has 0 bridgehead atoms. The maximum Gasteiger partial charge on any atom is 0.226 e. The molecule has 1 spiro atoms. The lowest BCUT2D eigenvalue weighted by molar-refractivity contribution is -0.138. The Bertz CT molecular complexity index is 689. The summed E-state index contributed by atoms with van der Waals surface area (Å²) < 4.78 is 11.1. The van der Waals surface area contributed by atoms with Crippen molar-refractivity contribution in [2.75, 3.05) is 19.8 Å². The average molecular weight is 312 g/mol. The maximum absolute atomic E-state index is 12.2. The number of amides is 1. The zero-order valence-corrected chi connectivity index (χ0v) is 13.0. The zero-order chi connectivity index (χ0) is 15.7. The summed E-state index contributed by atoms with van der Waals surface area (Å²) in [5.41, 5.74) is 1.90. The highest BCUT2D eigenvalue weighted by Gasteiger charge is 2.41. The highest BCUT2D eigenvalue weighted by Crippen LogP contribution is 2.38. The third-order valence-electron chi connectivity index (χ3n) is 4.86. The van der Waals surface area contributed by atoms with Crippen molar-refractivity contribution in [2.24, 2.45) is 5.41 Å². The van der Waals surface area contributed by atoms with Crippen molar-refractivity contribution in [1.82, 2.24) is 9.88 Å². The van der Waals surface area contributed by atoms with Gasteiger partial charge in [0.15, 0.2) is 0 Å². The average Bonchev–Trinajstić information content (AvgIpc) is 3.22. The molecule has 5 heteroatoms. The van der Waals surface area contributed by atoms with E-state index in [1.165, 1.54) is 0 Å². The molecule has 1 aromatic carbocycles. The molecule has 0 saturated carbocycles. The van der Waals surface area contributed by atoms with Crippen LogP contribution in [0, 0.1) is 5.41 Å². The smallest absolute Gasteiger partial charge is 0.226 e. The molecule has 1 atom stereocenters. The first kappa shape index (κ1) is 14.5. The van der Waals surface area contributed by atoms with Gasteiger partial charge in [-0.25, -0.2) is 4.98 Å². The third-order valence-corrected chi connectivity index (χ3v) is 4.86. The van der Waals surface area contributed by atoms with Crippen LogP contribution in [0.25, 0.3) is 11.5 Å². The zero-order valence-electron chi connectivity index (χ0n) is 13.0. The van der Waals surface area contributed by atoms with Crippen LogP contribution in [0.4, 0.5) is 0 Å². The molecule has 23 heavy (non-hydrogen) atoms. The Hall–Kier alpha value is -2.14. The fourth-order valence-corrected chi connectivity index (χ4v) is 3.51. The van der Waals surface area contributed by atoms with Crippen LogP contribution < -0.4 is 0 Å². The highest BCUT2D eigenvalue weighted by molar-refractivity contribution is 5.77. The van der Waals surface area contributed by atoms with E-state index < -0.39 is 0 Å². The van der Waals surface area contributed by atoms with E-state index in [4.69, 9.17) is 9.15 Å². The fraction of sp³-hybridized carbons (Fsp3) is 0.444. The summed E-state index contributed by atoms with van der Waals surface area (Å²) in [6.07, 6.45) is 4.25. The van der Waals surface area contributed by atoms with Gasteiger partial charge in [-0.05, 0) is 25.0 Å². The van der Waals surface area contributed by atoms with Gasteiger partial charge in [-0.15, -0.1) is 0 Å². The Morgan fingerprint density at radius 1 is 1.22 bits per heavy atom. The number of carbonyl (C=O) groups excluding carboxylic acids is 1. The van der Waals surface area contributed by atoms with Crippen LogP contribution in [0.15, 0.2) is 41.0 Å². The van der Waals surface area contributed by atoms with E-state index in [1.807, 2.05) is 35.2 Å². The van der Waals surface area contributed by atoms with Gasteiger partial charge >= 0.3 is 0 Å². The predicted octanol–water partition coefficient (Wildman–Crippen LogP) is 2.87. The molecule has 0 aliphatic carbocycles. The minimum atomic E-state index is 0.153. The minimum absolute atomic E-state index is 0.153. The molecule has 0 radical (unpaired) electrons. The van der Waals surface area contributed by atoms with Crippen molar-refractivity contribution in [3.05, 3.63) is 42.3 Å². The molecule has 2 saturated heterocycles. The molecule has 1 aromatic heterocycles. The van der Waals surface area contributed by atoms with Crippen LogP contribution in [-0.4, -0.2) is 35.5 Å². The summed E-state index contributed by atoms with van der Waals surface area (Å²) in [6, 6.07) is 9.80. The number of hydrogen-bond acceptors (Lipinski definition) is 4. The molecule has 4 rings (SSSR count). The Balaban J connectivity index is 1.49. The van der Waals surface area contributed by atoms with E-state index in [1.54, 1.807) is 6.26 Å². The normalized spacial score (nSPS) is 24.5. The van der Waals surface area contributed by atoms with Crippen molar-refractivity contribution in [2.45, 2.75) is 25.8 Å². The van der Waals surface area contributed by atoms with Gasteiger partial charge in [0.1, 0.15) is 6.26 Å². The topological polar surface area (TPSA) is 55.6 Å². The van der Waals surface area contributed by atoms with E-state index in [9.17, 15) is 4.79 Å². The molecular weight excluding hydrogens is 292 g/mol. The number of carbonyl (C=O) groups is 1. The molecule has 2 fully saturated rings. The molecule has 0 N–H and O–H groups in total. The number of benzene rings is 1. The number of ether oxygens (including phenoxy) is 1. The standard InChI is InChI=1S/C18H20N2O3/c21-16-6-7-18(8-9-22-13-18)12-20(16)10-15-11-23-17(19-15)14-4-2-1-3-5-14/h1-5,11H,6-10,12-13H2. The van der Waals surface area contributed by atoms with Crippen LogP contribution in [0.2, 0.25) is 0 Å². The number of piperidine rings is 1. The van der Waals surface area contributed by atoms with Gasteiger partial charge in [0, 0.05) is 30.6 Å². The van der Waals surface area contributed by atoms with E-state index in [0.29, 0.717) is 18.9 Å². The number of hydrogen-bond donors (Lipinski definition) is 0. The van der Waals surface area contributed by atoms with Gasteiger partial charge < -0.3 is 14.1 Å².